The number of hydrogen-bond donors (Lipinski definition) is 1. The average Bonchev–Trinajstić information content (AvgIpc) is 3.40. The summed E-state index contributed by atoms with van der Waals surface area (Å²) in [6.07, 6.45) is 1.61. The molecule has 174 valence electrons. The topological polar surface area (TPSA) is 109 Å². The molecule has 2 amide bonds. The number of furan rings is 1. The molecule has 1 aliphatic rings. The highest BCUT2D eigenvalue weighted by molar-refractivity contribution is 7.89. The number of benzene rings is 1. The standard InChI is InChI=1S/C22H29N3O6S/c1-4-25(5-2)32(28,29)18-9-10-20(30-6-3)19(13-18)23-22(27)16-12-21(26)24(14-16)15-17-8-7-11-31-17/h7-11,13,16H,4-6,12,14-15H2,1-3H3,(H,23,27). The zero-order valence-corrected chi connectivity index (χ0v) is 19.4. The molecule has 32 heavy (non-hydrogen) atoms. The van der Waals surface area contributed by atoms with Crippen molar-refractivity contribution in [1.29, 1.82) is 0 Å². The van der Waals surface area contributed by atoms with Crippen molar-refractivity contribution in [3.8, 4) is 5.75 Å². The lowest BCUT2D eigenvalue weighted by Crippen LogP contribution is -2.31. The minimum Gasteiger partial charge on any atom is -0.492 e. The molecule has 0 aliphatic carbocycles. The summed E-state index contributed by atoms with van der Waals surface area (Å²) in [7, 11) is -3.70. The second-order valence-electron chi connectivity index (χ2n) is 7.42. The second-order valence-corrected chi connectivity index (χ2v) is 9.36. The Bertz CT molecular complexity index is 1050. The molecular weight excluding hydrogens is 434 g/mol. The van der Waals surface area contributed by atoms with Crippen molar-refractivity contribution < 1.29 is 27.2 Å². The first-order valence-electron chi connectivity index (χ1n) is 10.7. The SMILES string of the molecule is CCOc1ccc(S(=O)(=O)N(CC)CC)cc1NC(=O)C1CC(=O)N(Cc2ccco2)C1. The molecule has 0 bridgehead atoms. The molecule has 1 aliphatic heterocycles. The van der Waals surface area contributed by atoms with Crippen LogP contribution in [0.3, 0.4) is 0 Å². The molecule has 0 radical (unpaired) electrons. The van der Waals surface area contributed by atoms with E-state index in [1.54, 1.807) is 43.9 Å². The van der Waals surface area contributed by atoms with Gasteiger partial charge in [0.1, 0.15) is 11.5 Å². The van der Waals surface area contributed by atoms with Crippen molar-refractivity contribution >= 4 is 27.5 Å². The maximum Gasteiger partial charge on any atom is 0.243 e. The summed E-state index contributed by atoms with van der Waals surface area (Å²) in [5, 5.41) is 2.78. The van der Waals surface area contributed by atoms with Crippen LogP contribution in [-0.2, 0) is 26.2 Å². The fourth-order valence-corrected chi connectivity index (χ4v) is 5.17. The van der Waals surface area contributed by atoms with Crippen LogP contribution in [0, 0.1) is 5.92 Å². The maximum absolute atomic E-state index is 12.9. The third-order valence-electron chi connectivity index (χ3n) is 5.36. The Hall–Kier alpha value is -2.85. The van der Waals surface area contributed by atoms with Gasteiger partial charge in [-0.15, -0.1) is 0 Å². The molecular formula is C22H29N3O6S. The second kappa shape index (κ2) is 10.2. The zero-order chi connectivity index (χ0) is 23.3. The van der Waals surface area contributed by atoms with Crippen LogP contribution in [0.1, 0.15) is 33.0 Å². The van der Waals surface area contributed by atoms with E-state index >= 15 is 0 Å². The number of amides is 2. The Labute approximate surface area is 188 Å². The molecule has 9 nitrogen and oxygen atoms in total. The Kier molecular flexibility index (Phi) is 7.57. The Morgan fingerprint density at radius 2 is 2.00 bits per heavy atom. The van der Waals surface area contributed by atoms with Gasteiger partial charge in [-0.25, -0.2) is 8.42 Å². The van der Waals surface area contributed by atoms with E-state index < -0.39 is 15.9 Å². The molecule has 1 unspecified atom stereocenters. The van der Waals surface area contributed by atoms with Crippen molar-refractivity contribution in [2.45, 2.75) is 38.6 Å². The average molecular weight is 464 g/mol. The number of ether oxygens (including phenoxy) is 1. The van der Waals surface area contributed by atoms with E-state index in [9.17, 15) is 18.0 Å². The summed E-state index contributed by atoms with van der Waals surface area (Å²) < 4.78 is 38.0. The van der Waals surface area contributed by atoms with Crippen LogP contribution in [0.2, 0.25) is 0 Å². The van der Waals surface area contributed by atoms with E-state index in [0.717, 1.165) is 0 Å². The lowest BCUT2D eigenvalue weighted by Gasteiger charge is -2.20. The quantitative estimate of drug-likeness (QED) is 0.580. The summed E-state index contributed by atoms with van der Waals surface area (Å²) in [4.78, 5) is 27.0. The molecule has 0 saturated carbocycles. The molecule has 1 atom stereocenters. The predicted molar refractivity (Wildman–Crippen MR) is 119 cm³/mol. The van der Waals surface area contributed by atoms with Crippen LogP contribution in [-0.4, -0.2) is 55.7 Å². The van der Waals surface area contributed by atoms with E-state index in [0.29, 0.717) is 37.8 Å². The first kappa shape index (κ1) is 23.8. The summed E-state index contributed by atoms with van der Waals surface area (Å²) >= 11 is 0. The normalized spacial score (nSPS) is 16.6. The maximum atomic E-state index is 12.9. The summed E-state index contributed by atoms with van der Waals surface area (Å²) in [6, 6.07) is 7.94. The summed E-state index contributed by atoms with van der Waals surface area (Å²) in [6.45, 7) is 6.92. The number of nitrogens with zero attached hydrogens (tertiary/aromatic N) is 2. The van der Waals surface area contributed by atoms with Crippen LogP contribution in [0.5, 0.6) is 5.75 Å². The number of anilines is 1. The van der Waals surface area contributed by atoms with Crippen LogP contribution in [0.15, 0.2) is 45.9 Å². The third-order valence-corrected chi connectivity index (χ3v) is 7.41. The third kappa shape index (κ3) is 5.13. The Morgan fingerprint density at radius 3 is 2.62 bits per heavy atom. The van der Waals surface area contributed by atoms with Gasteiger partial charge in [-0.1, -0.05) is 13.8 Å². The van der Waals surface area contributed by atoms with Gasteiger partial charge in [0.15, 0.2) is 0 Å². The predicted octanol–water partition coefficient (Wildman–Crippen LogP) is 2.70. The van der Waals surface area contributed by atoms with E-state index in [-0.39, 0.29) is 35.4 Å². The summed E-state index contributed by atoms with van der Waals surface area (Å²) in [5.74, 6) is -0.0403. The monoisotopic (exact) mass is 463 g/mol. The van der Waals surface area contributed by atoms with Crippen molar-refractivity contribution in [3.63, 3.8) is 0 Å². The van der Waals surface area contributed by atoms with E-state index in [2.05, 4.69) is 5.32 Å². The summed E-state index contributed by atoms with van der Waals surface area (Å²) in [5.41, 5.74) is 0.266. The van der Waals surface area contributed by atoms with Gasteiger partial charge >= 0.3 is 0 Å². The van der Waals surface area contributed by atoms with Crippen molar-refractivity contribution in [2.75, 3.05) is 31.6 Å². The van der Waals surface area contributed by atoms with Crippen LogP contribution in [0.4, 0.5) is 5.69 Å². The first-order chi connectivity index (χ1) is 15.3. The molecule has 0 spiro atoms. The number of likely N-dealkylation sites (tertiary alicyclic amines) is 1. The number of carbonyl (C=O) groups excluding carboxylic acids is 2. The lowest BCUT2D eigenvalue weighted by atomic mass is 10.1. The van der Waals surface area contributed by atoms with Gasteiger partial charge < -0.3 is 19.4 Å². The number of hydrogen-bond acceptors (Lipinski definition) is 6. The molecule has 1 aromatic carbocycles. The van der Waals surface area contributed by atoms with E-state index in [1.807, 2.05) is 0 Å². The van der Waals surface area contributed by atoms with Gasteiger partial charge in [0.05, 0.1) is 35.9 Å². The molecule has 2 heterocycles. The number of carbonyl (C=O) groups is 2. The highest BCUT2D eigenvalue weighted by Gasteiger charge is 2.35. The fraction of sp³-hybridized carbons (Fsp3) is 0.455. The van der Waals surface area contributed by atoms with Crippen LogP contribution in [0.25, 0.3) is 0 Å². The number of rotatable bonds is 10. The van der Waals surface area contributed by atoms with Gasteiger partial charge in [-0.05, 0) is 37.3 Å². The molecule has 2 aromatic rings. The Balaban J connectivity index is 1.79. The van der Waals surface area contributed by atoms with Gasteiger partial charge in [-0.3, -0.25) is 9.59 Å². The van der Waals surface area contributed by atoms with Gasteiger partial charge in [-0.2, -0.15) is 4.31 Å². The highest BCUT2D eigenvalue weighted by Crippen LogP contribution is 2.31. The van der Waals surface area contributed by atoms with Crippen LogP contribution < -0.4 is 10.1 Å². The molecule has 1 saturated heterocycles. The van der Waals surface area contributed by atoms with Crippen molar-refractivity contribution in [2.24, 2.45) is 5.92 Å². The molecule has 3 rings (SSSR count). The highest BCUT2D eigenvalue weighted by atomic mass is 32.2. The lowest BCUT2D eigenvalue weighted by molar-refractivity contribution is -0.128. The number of nitrogens with one attached hydrogen (secondary N) is 1. The smallest absolute Gasteiger partial charge is 0.243 e. The zero-order valence-electron chi connectivity index (χ0n) is 18.5. The van der Waals surface area contributed by atoms with Crippen molar-refractivity contribution in [3.05, 3.63) is 42.4 Å². The van der Waals surface area contributed by atoms with Crippen LogP contribution >= 0.6 is 0 Å². The fourth-order valence-electron chi connectivity index (χ4n) is 3.69. The van der Waals surface area contributed by atoms with Gasteiger partial charge in [0.25, 0.3) is 0 Å². The first-order valence-corrected chi connectivity index (χ1v) is 12.1. The molecule has 10 heteroatoms. The minimum absolute atomic E-state index is 0.0712. The molecule has 1 aromatic heterocycles. The van der Waals surface area contributed by atoms with E-state index in [1.165, 1.54) is 22.7 Å². The molecule has 1 N–H and O–H groups in total. The molecule has 1 fully saturated rings. The van der Waals surface area contributed by atoms with E-state index in [4.69, 9.17) is 9.15 Å². The van der Waals surface area contributed by atoms with Gasteiger partial charge in [0, 0.05) is 26.1 Å². The van der Waals surface area contributed by atoms with Crippen molar-refractivity contribution in [1.82, 2.24) is 9.21 Å². The van der Waals surface area contributed by atoms with Gasteiger partial charge in [0.2, 0.25) is 21.8 Å². The Morgan fingerprint density at radius 1 is 1.25 bits per heavy atom. The number of sulfonamides is 1. The largest absolute Gasteiger partial charge is 0.492 e. The minimum atomic E-state index is -3.70.